The molecule has 0 radical (unpaired) electrons. The fourth-order valence-electron chi connectivity index (χ4n) is 2.96. The van der Waals surface area contributed by atoms with Crippen molar-refractivity contribution in [1.29, 1.82) is 0 Å². The van der Waals surface area contributed by atoms with Gasteiger partial charge in [-0.05, 0) is 36.1 Å². The molecule has 7 heteroatoms. The summed E-state index contributed by atoms with van der Waals surface area (Å²) in [5.41, 5.74) is 0.534. The summed E-state index contributed by atoms with van der Waals surface area (Å²) in [5, 5.41) is 3.62. The number of unbranched alkanes of at least 4 members (excludes halogenated alkanes) is 1. The van der Waals surface area contributed by atoms with Crippen molar-refractivity contribution in [1.82, 2.24) is 4.57 Å². The quantitative estimate of drug-likeness (QED) is 0.697. The highest BCUT2D eigenvalue weighted by atomic mass is 19.4. The molecule has 0 spiro atoms. The van der Waals surface area contributed by atoms with E-state index >= 15 is 0 Å². The van der Waals surface area contributed by atoms with Crippen LogP contribution in [0.4, 0.5) is 18.9 Å². The van der Waals surface area contributed by atoms with E-state index in [0.29, 0.717) is 28.2 Å². The first-order valence-electron chi connectivity index (χ1n) is 8.26. The Kier molecular flexibility index (Phi) is 4.71. The third-order valence-electron chi connectivity index (χ3n) is 4.23. The van der Waals surface area contributed by atoms with E-state index in [4.69, 9.17) is 0 Å². The van der Waals surface area contributed by atoms with Crippen molar-refractivity contribution < 1.29 is 18.0 Å². The van der Waals surface area contributed by atoms with Gasteiger partial charge in [-0.1, -0.05) is 31.5 Å². The van der Waals surface area contributed by atoms with Crippen LogP contribution in [0.15, 0.2) is 47.3 Å². The summed E-state index contributed by atoms with van der Waals surface area (Å²) in [6.45, 7) is 2.53. The zero-order chi connectivity index (χ0) is 18.9. The smallest absolute Gasteiger partial charge is 0.318 e. The Morgan fingerprint density at radius 2 is 1.77 bits per heavy atom. The number of rotatable bonds is 4. The molecule has 0 fully saturated rings. The van der Waals surface area contributed by atoms with Gasteiger partial charge in [0.15, 0.2) is 0 Å². The van der Waals surface area contributed by atoms with Crippen molar-refractivity contribution in [3.8, 4) is 0 Å². The van der Waals surface area contributed by atoms with E-state index < -0.39 is 12.1 Å². The van der Waals surface area contributed by atoms with Crippen LogP contribution in [0, 0.1) is 0 Å². The number of nitrogens with one attached hydrogen (secondary N) is 1. The highest BCUT2D eigenvalue weighted by Gasteiger charge is 2.38. The Bertz CT molecular complexity index is 1040. The molecule has 0 unspecified atom stereocenters. The van der Waals surface area contributed by atoms with Gasteiger partial charge in [-0.3, -0.25) is 9.59 Å². The minimum atomic E-state index is -4.96. The normalized spacial score (nSPS) is 11.8. The largest absolute Gasteiger partial charge is 0.471 e. The van der Waals surface area contributed by atoms with Crippen LogP contribution in [0.1, 0.15) is 19.8 Å². The predicted molar refractivity (Wildman–Crippen MR) is 95.3 cm³/mol. The Labute approximate surface area is 147 Å². The van der Waals surface area contributed by atoms with Crippen LogP contribution in [0.5, 0.6) is 0 Å². The number of benzene rings is 2. The summed E-state index contributed by atoms with van der Waals surface area (Å²) in [6.07, 6.45) is -3.25. The van der Waals surface area contributed by atoms with E-state index in [-0.39, 0.29) is 11.2 Å². The Morgan fingerprint density at radius 3 is 2.42 bits per heavy atom. The van der Waals surface area contributed by atoms with E-state index in [9.17, 15) is 22.8 Å². The maximum absolute atomic E-state index is 12.8. The summed E-state index contributed by atoms with van der Waals surface area (Å²) in [5.74, 6) is -2.03. The van der Waals surface area contributed by atoms with Gasteiger partial charge < -0.3 is 9.88 Å². The molecule has 1 amide bonds. The number of nitrogens with zero attached hydrogens (tertiary/aromatic N) is 1. The number of fused-ring (bicyclic) bond motifs is 3. The molecule has 0 saturated heterocycles. The van der Waals surface area contributed by atoms with E-state index in [1.165, 1.54) is 12.1 Å². The predicted octanol–water partition coefficient (Wildman–Crippen LogP) is 4.46. The Balaban J connectivity index is 2.22. The molecule has 0 aliphatic carbocycles. The van der Waals surface area contributed by atoms with Gasteiger partial charge >= 0.3 is 12.1 Å². The van der Waals surface area contributed by atoms with Crippen LogP contribution in [0.2, 0.25) is 0 Å². The number of hydrogen-bond donors (Lipinski definition) is 1. The average molecular weight is 362 g/mol. The molecule has 0 aliphatic rings. The van der Waals surface area contributed by atoms with E-state index in [0.717, 1.165) is 12.8 Å². The molecule has 3 aromatic rings. The average Bonchev–Trinajstić information content (AvgIpc) is 2.61. The number of alkyl halides is 3. The second-order valence-electron chi connectivity index (χ2n) is 6.04. The van der Waals surface area contributed by atoms with Gasteiger partial charge in [-0.2, -0.15) is 13.2 Å². The fourth-order valence-corrected chi connectivity index (χ4v) is 2.96. The van der Waals surface area contributed by atoms with Crippen LogP contribution in [-0.4, -0.2) is 16.7 Å². The molecule has 1 N–H and O–H groups in total. The number of aromatic nitrogens is 1. The summed E-state index contributed by atoms with van der Waals surface area (Å²) in [6, 6.07) is 11.4. The number of carbonyl (C=O) groups is 1. The van der Waals surface area contributed by atoms with Gasteiger partial charge in [0, 0.05) is 23.0 Å². The summed E-state index contributed by atoms with van der Waals surface area (Å²) >= 11 is 0. The van der Waals surface area contributed by atoms with E-state index in [1.54, 1.807) is 34.9 Å². The minimum absolute atomic E-state index is 0.0330. The monoisotopic (exact) mass is 362 g/mol. The van der Waals surface area contributed by atoms with Gasteiger partial charge in [0.05, 0.1) is 5.52 Å². The Morgan fingerprint density at radius 1 is 1.08 bits per heavy atom. The molecule has 26 heavy (non-hydrogen) atoms. The highest BCUT2D eigenvalue weighted by molar-refractivity contribution is 6.07. The number of halogens is 3. The third-order valence-corrected chi connectivity index (χ3v) is 4.23. The molecule has 0 atom stereocenters. The number of pyridine rings is 1. The second kappa shape index (κ2) is 6.82. The Hall–Kier alpha value is -2.83. The third kappa shape index (κ3) is 3.29. The first-order valence-corrected chi connectivity index (χ1v) is 8.26. The lowest BCUT2D eigenvalue weighted by molar-refractivity contribution is -0.167. The number of aryl methyl sites for hydroxylation is 1. The van der Waals surface area contributed by atoms with Crippen molar-refractivity contribution in [3.05, 3.63) is 52.8 Å². The van der Waals surface area contributed by atoms with Crippen LogP contribution in [0.3, 0.4) is 0 Å². The molecule has 3 rings (SSSR count). The van der Waals surface area contributed by atoms with Crippen LogP contribution in [-0.2, 0) is 11.3 Å². The molecular weight excluding hydrogens is 345 g/mol. The van der Waals surface area contributed by atoms with Gasteiger partial charge in [0.25, 0.3) is 5.56 Å². The summed E-state index contributed by atoms with van der Waals surface area (Å²) in [7, 11) is 0. The topological polar surface area (TPSA) is 51.1 Å². The highest BCUT2D eigenvalue weighted by Crippen LogP contribution is 2.27. The molecule has 0 saturated carbocycles. The molecule has 1 heterocycles. The lowest BCUT2D eigenvalue weighted by Gasteiger charge is -2.15. The van der Waals surface area contributed by atoms with E-state index in [2.05, 4.69) is 0 Å². The maximum Gasteiger partial charge on any atom is 0.471 e. The molecule has 0 aliphatic heterocycles. The molecule has 136 valence electrons. The van der Waals surface area contributed by atoms with Gasteiger partial charge in [0.1, 0.15) is 0 Å². The van der Waals surface area contributed by atoms with Gasteiger partial charge in [0.2, 0.25) is 0 Å². The van der Waals surface area contributed by atoms with Gasteiger partial charge in [-0.15, -0.1) is 0 Å². The van der Waals surface area contributed by atoms with Crippen LogP contribution >= 0.6 is 0 Å². The zero-order valence-electron chi connectivity index (χ0n) is 14.1. The first kappa shape index (κ1) is 18.0. The minimum Gasteiger partial charge on any atom is -0.318 e. The number of anilines is 1. The summed E-state index contributed by atoms with van der Waals surface area (Å²) in [4.78, 5) is 24.0. The molecule has 1 aromatic heterocycles. The van der Waals surface area contributed by atoms with Crippen LogP contribution in [0.25, 0.3) is 21.7 Å². The number of carbonyl (C=O) groups excluding carboxylic acids is 1. The second-order valence-corrected chi connectivity index (χ2v) is 6.04. The lowest BCUT2D eigenvalue weighted by Crippen LogP contribution is -2.30. The molecule has 2 aromatic carbocycles. The van der Waals surface area contributed by atoms with Crippen molar-refractivity contribution in [2.24, 2.45) is 0 Å². The molecule has 4 nitrogen and oxygen atoms in total. The van der Waals surface area contributed by atoms with Crippen molar-refractivity contribution in [3.63, 3.8) is 0 Å². The number of amides is 1. The van der Waals surface area contributed by atoms with Gasteiger partial charge in [-0.25, -0.2) is 0 Å². The maximum atomic E-state index is 12.8. The fraction of sp³-hybridized carbons (Fsp3) is 0.263. The first-order chi connectivity index (χ1) is 12.3. The molecular formula is C19H17F3N2O2. The standard InChI is InChI=1S/C19H17F3N2O2/c1-2-3-10-24-16-9-8-12(23-18(26)19(20,21)22)11-15(16)13-6-4-5-7-14(13)17(24)25/h4-9,11H,2-3,10H2,1H3,(H,23,26). The molecule has 0 bridgehead atoms. The van der Waals surface area contributed by atoms with Crippen molar-refractivity contribution in [2.45, 2.75) is 32.5 Å². The van der Waals surface area contributed by atoms with E-state index in [1.807, 2.05) is 12.2 Å². The SMILES string of the molecule is CCCCn1c(=O)c2ccccc2c2cc(NC(=O)C(F)(F)F)ccc21. The number of hydrogen-bond acceptors (Lipinski definition) is 2. The van der Waals surface area contributed by atoms with Crippen molar-refractivity contribution in [2.75, 3.05) is 5.32 Å². The zero-order valence-corrected chi connectivity index (χ0v) is 14.1. The van der Waals surface area contributed by atoms with Crippen LogP contribution < -0.4 is 10.9 Å². The summed E-state index contributed by atoms with van der Waals surface area (Å²) < 4.78 is 39.1. The lowest BCUT2D eigenvalue weighted by atomic mass is 10.0. The van der Waals surface area contributed by atoms with Crippen molar-refractivity contribution >= 4 is 33.3 Å².